The molecular formula is C21H19N3O5S. The van der Waals surface area contributed by atoms with Crippen LogP contribution in [-0.4, -0.2) is 32.8 Å². The predicted octanol–water partition coefficient (Wildman–Crippen LogP) is 2.97. The summed E-state index contributed by atoms with van der Waals surface area (Å²) in [4.78, 5) is 12.2. The molecule has 0 aliphatic rings. The summed E-state index contributed by atoms with van der Waals surface area (Å²) in [5.41, 5.74) is 3.12. The number of hydrogen-bond donors (Lipinski definition) is 3. The number of carbonyl (C=O) groups excluding carboxylic acids is 1. The molecule has 0 saturated heterocycles. The van der Waals surface area contributed by atoms with Crippen LogP contribution in [0.4, 0.5) is 5.69 Å². The molecule has 8 nitrogen and oxygen atoms in total. The van der Waals surface area contributed by atoms with Crippen molar-refractivity contribution in [2.45, 2.75) is 4.90 Å². The number of sulfonamides is 1. The standard InChI is InChI=1S/C21H19N3O5S/c1-29-20-12-5-3-10-18(20)24-30(27,28)17-9-6-8-15(13-17)21(26)23-22-14-16-7-2-4-11-19(16)25/h2-14,24-25H,1H3,(H,23,26). The zero-order chi connectivity index (χ0) is 21.6. The lowest BCUT2D eigenvalue weighted by atomic mass is 10.2. The highest BCUT2D eigenvalue weighted by molar-refractivity contribution is 7.92. The molecule has 0 unspecified atom stereocenters. The third-order valence-electron chi connectivity index (χ3n) is 4.06. The molecule has 0 spiro atoms. The number of aromatic hydroxyl groups is 1. The number of hydrazone groups is 1. The van der Waals surface area contributed by atoms with E-state index in [4.69, 9.17) is 4.74 Å². The number of nitrogens with zero attached hydrogens (tertiary/aromatic N) is 1. The van der Waals surface area contributed by atoms with Gasteiger partial charge in [-0.05, 0) is 42.5 Å². The first-order valence-electron chi connectivity index (χ1n) is 8.78. The molecule has 0 aliphatic carbocycles. The summed E-state index contributed by atoms with van der Waals surface area (Å²) < 4.78 is 33.1. The average Bonchev–Trinajstić information content (AvgIpc) is 2.75. The van der Waals surface area contributed by atoms with E-state index in [0.29, 0.717) is 11.3 Å². The van der Waals surface area contributed by atoms with Gasteiger partial charge in [-0.2, -0.15) is 5.10 Å². The van der Waals surface area contributed by atoms with E-state index < -0.39 is 15.9 Å². The molecule has 0 bridgehead atoms. The lowest BCUT2D eigenvalue weighted by Gasteiger charge is -2.12. The maximum absolute atomic E-state index is 12.7. The van der Waals surface area contributed by atoms with E-state index in [-0.39, 0.29) is 21.9 Å². The number of benzene rings is 3. The van der Waals surface area contributed by atoms with Gasteiger partial charge in [0.25, 0.3) is 15.9 Å². The SMILES string of the molecule is COc1ccccc1NS(=O)(=O)c1cccc(C(=O)NN=Cc2ccccc2O)c1. The van der Waals surface area contributed by atoms with Crippen molar-refractivity contribution in [1.82, 2.24) is 5.43 Å². The summed E-state index contributed by atoms with van der Waals surface area (Å²) in [6.45, 7) is 0. The van der Waals surface area contributed by atoms with Crippen LogP contribution >= 0.6 is 0 Å². The van der Waals surface area contributed by atoms with Crippen LogP contribution in [0.25, 0.3) is 0 Å². The highest BCUT2D eigenvalue weighted by Gasteiger charge is 2.18. The second-order valence-electron chi connectivity index (χ2n) is 6.09. The lowest BCUT2D eigenvalue weighted by Crippen LogP contribution is -2.19. The van der Waals surface area contributed by atoms with Crippen molar-refractivity contribution < 1.29 is 23.1 Å². The Bertz CT molecular complexity index is 1190. The largest absolute Gasteiger partial charge is 0.507 e. The molecule has 0 heterocycles. The summed E-state index contributed by atoms with van der Waals surface area (Å²) in [7, 11) is -2.51. The normalized spacial score (nSPS) is 11.2. The maximum Gasteiger partial charge on any atom is 0.271 e. The summed E-state index contributed by atoms with van der Waals surface area (Å²) in [5, 5.41) is 13.5. The molecule has 0 fully saturated rings. The second-order valence-corrected chi connectivity index (χ2v) is 7.77. The topological polar surface area (TPSA) is 117 Å². The molecule has 30 heavy (non-hydrogen) atoms. The summed E-state index contributed by atoms with van der Waals surface area (Å²) in [6, 6.07) is 18.6. The van der Waals surface area contributed by atoms with Crippen LogP contribution in [0.15, 0.2) is 82.8 Å². The first kappa shape index (κ1) is 20.9. The van der Waals surface area contributed by atoms with Crippen molar-refractivity contribution in [1.29, 1.82) is 0 Å². The molecule has 3 rings (SSSR count). The van der Waals surface area contributed by atoms with Crippen LogP contribution in [0, 0.1) is 0 Å². The first-order valence-corrected chi connectivity index (χ1v) is 10.3. The van der Waals surface area contributed by atoms with Crippen LogP contribution < -0.4 is 14.9 Å². The van der Waals surface area contributed by atoms with E-state index in [9.17, 15) is 18.3 Å². The molecule has 0 saturated carbocycles. The zero-order valence-electron chi connectivity index (χ0n) is 15.9. The predicted molar refractivity (Wildman–Crippen MR) is 113 cm³/mol. The van der Waals surface area contributed by atoms with Gasteiger partial charge in [-0.1, -0.05) is 30.3 Å². The molecule has 9 heteroatoms. The Balaban J connectivity index is 1.76. The number of phenolic OH excluding ortho intramolecular Hbond substituents is 1. The number of nitrogens with one attached hydrogen (secondary N) is 2. The van der Waals surface area contributed by atoms with E-state index in [1.54, 1.807) is 42.5 Å². The van der Waals surface area contributed by atoms with Gasteiger partial charge < -0.3 is 9.84 Å². The molecule has 0 aliphatic heterocycles. The molecule has 154 valence electrons. The number of amides is 1. The number of ether oxygens (including phenoxy) is 1. The number of rotatable bonds is 7. The van der Waals surface area contributed by atoms with Crippen LogP contribution in [0.5, 0.6) is 11.5 Å². The molecular weight excluding hydrogens is 406 g/mol. The van der Waals surface area contributed by atoms with Crippen molar-refractivity contribution >= 4 is 27.8 Å². The van der Waals surface area contributed by atoms with Crippen LogP contribution in [0.3, 0.4) is 0 Å². The minimum absolute atomic E-state index is 0.0194. The third kappa shape index (κ3) is 4.95. The van der Waals surface area contributed by atoms with E-state index in [1.807, 2.05) is 0 Å². The number of hydrogen-bond acceptors (Lipinski definition) is 6. The molecule has 3 aromatic carbocycles. The summed E-state index contributed by atoms with van der Waals surface area (Å²) in [6.07, 6.45) is 1.29. The molecule has 0 radical (unpaired) electrons. The fourth-order valence-electron chi connectivity index (χ4n) is 2.56. The van der Waals surface area contributed by atoms with Crippen LogP contribution in [-0.2, 0) is 10.0 Å². The fraction of sp³-hybridized carbons (Fsp3) is 0.0476. The van der Waals surface area contributed by atoms with E-state index >= 15 is 0 Å². The Morgan fingerprint density at radius 1 is 1.03 bits per heavy atom. The summed E-state index contributed by atoms with van der Waals surface area (Å²) >= 11 is 0. The molecule has 0 aromatic heterocycles. The monoisotopic (exact) mass is 425 g/mol. The van der Waals surface area contributed by atoms with Crippen LogP contribution in [0.1, 0.15) is 15.9 Å². The fourth-order valence-corrected chi connectivity index (χ4v) is 3.67. The quantitative estimate of drug-likeness (QED) is 0.397. The van der Waals surface area contributed by atoms with E-state index in [2.05, 4.69) is 15.2 Å². The summed E-state index contributed by atoms with van der Waals surface area (Å²) in [5.74, 6) is -0.213. The number of methoxy groups -OCH3 is 1. The minimum Gasteiger partial charge on any atom is -0.507 e. The van der Waals surface area contributed by atoms with Crippen molar-refractivity contribution in [3.8, 4) is 11.5 Å². The van der Waals surface area contributed by atoms with Crippen LogP contribution in [0.2, 0.25) is 0 Å². The molecule has 3 aromatic rings. The van der Waals surface area contributed by atoms with Gasteiger partial charge in [0.2, 0.25) is 0 Å². The van der Waals surface area contributed by atoms with Gasteiger partial charge >= 0.3 is 0 Å². The van der Waals surface area contributed by atoms with Gasteiger partial charge in [-0.15, -0.1) is 0 Å². The smallest absolute Gasteiger partial charge is 0.271 e. The Labute approximate surface area is 173 Å². The lowest BCUT2D eigenvalue weighted by molar-refractivity contribution is 0.0955. The van der Waals surface area contributed by atoms with Gasteiger partial charge in [0, 0.05) is 11.1 Å². The average molecular weight is 425 g/mol. The number of para-hydroxylation sites is 3. The van der Waals surface area contributed by atoms with Crippen molar-refractivity contribution in [2.75, 3.05) is 11.8 Å². The number of phenols is 1. The Hall–Kier alpha value is -3.85. The second kappa shape index (κ2) is 9.10. The van der Waals surface area contributed by atoms with Gasteiger partial charge in [0.15, 0.2) is 0 Å². The molecule has 3 N–H and O–H groups in total. The number of anilines is 1. The highest BCUT2D eigenvalue weighted by atomic mass is 32.2. The highest BCUT2D eigenvalue weighted by Crippen LogP contribution is 2.26. The number of carbonyl (C=O) groups is 1. The van der Waals surface area contributed by atoms with Gasteiger partial charge in [-0.25, -0.2) is 13.8 Å². The molecule has 0 atom stereocenters. The van der Waals surface area contributed by atoms with Gasteiger partial charge in [-0.3, -0.25) is 9.52 Å². The van der Waals surface area contributed by atoms with E-state index in [0.717, 1.165) is 0 Å². The maximum atomic E-state index is 12.7. The van der Waals surface area contributed by atoms with Gasteiger partial charge in [0.1, 0.15) is 11.5 Å². The Morgan fingerprint density at radius 3 is 2.53 bits per heavy atom. The minimum atomic E-state index is -3.95. The third-order valence-corrected chi connectivity index (χ3v) is 5.43. The van der Waals surface area contributed by atoms with Crippen molar-refractivity contribution in [2.24, 2.45) is 5.10 Å². The van der Waals surface area contributed by atoms with E-state index in [1.165, 1.54) is 43.7 Å². The first-order chi connectivity index (χ1) is 14.4. The van der Waals surface area contributed by atoms with Crippen molar-refractivity contribution in [3.63, 3.8) is 0 Å². The zero-order valence-corrected chi connectivity index (χ0v) is 16.8. The molecule has 1 amide bonds. The Morgan fingerprint density at radius 2 is 1.77 bits per heavy atom. The van der Waals surface area contributed by atoms with Crippen molar-refractivity contribution in [3.05, 3.63) is 83.9 Å². The Kier molecular flexibility index (Phi) is 6.33. The van der Waals surface area contributed by atoms with Gasteiger partial charge in [0.05, 0.1) is 23.9 Å².